The molecule has 4 nitrogen and oxygen atoms in total. The first kappa shape index (κ1) is 14.4. The van der Waals surface area contributed by atoms with Crippen LogP contribution in [0.1, 0.15) is 0 Å². The van der Waals surface area contributed by atoms with Crippen LogP contribution in [0.15, 0.2) is 70.5 Å². The number of benzene rings is 2. The number of aromatic nitrogens is 2. The van der Waals surface area contributed by atoms with E-state index < -0.39 is 0 Å². The molecule has 0 saturated carbocycles. The van der Waals surface area contributed by atoms with E-state index in [9.17, 15) is 0 Å². The fraction of sp³-hybridized carbons (Fsp3) is 0.0588. The van der Waals surface area contributed by atoms with Crippen molar-refractivity contribution in [1.82, 2.24) is 9.97 Å². The second-order valence-corrected chi connectivity index (χ2v) is 5.63. The van der Waals surface area contributed by atoms with Crippen LogP contribution < -0.4 is 10.5 Å². The monoisotopic (exact) mass is 309 g/mol. The predicted molar refractivity (Wildman–Crippen MR) is 89.0 cm³/mol. The van der Waals surface area contributed by atoms with Crippen molar-refractivity contribution in [3.05, 3.63) is 60.7 Å². The third kappa shape index (κ3) is 3.04. The number of methoxy groups -OCH3 is 1. The summed E-state index contributed by atoms with van der Waals surface area (Å²) in [5.74, 6) is 0.688. The quantitative estimate of drug-likeness (QED) is 0.792. The molecule has 3 rings (SSSR count). The number of nitrogen functional groups attached to an aromatic ring is 1. The maximum absolute atomic E-state index is 5.82. The summed E-state index contributed by atoms with van der Waals surface area (Å²) in [6.07, 6.45) is 0. The molecule has 0 amide bonds. The summed E-state index contributed by atoms with van der Waals surface area (Å²) in [7, 11) is 1.59. The standard InChI is InChI=1S/C17H15N3OS/c1-21-16-15(22-13-10-6-3-7-11-13)14(19-17(18)20-16)12-8-4-2-5-9-12/h2-11H,1H3,(H2,18,19,20). The largest absolute Gasteiger partial charge is 0.480 e. The highest BCUT2D eigenvalue weighted by Crippen LogP contribution is 2.40. The number of hydrogen-bond donors (Lipinski definition) is 1. The summed E-state index contributed by atoms with van der Waals surface area (Å²) in [6.45, 7) is 0. The van der Waals surface area contributed by atoms with Gasteiger partial charge in [-0.05, 0) is 12.1 Å². The molecule has 0 spiro atoms. The fourth-order valence-corrected chi connectivity index (χ4v) is 3.08. The van der Waals surface area contributed by atoms with Gasteiger partial charge in [0, 0.05) is 10.5 Å². The van der Waals surface area contributed by atoms with Gasteiger partial charge in [0.15, 0.2) is 0 Å². The first-order valence-corrected chi connectivity index (χ1v) is 7.59. The Hall–Kier alpha value is -2.53. The van der Waals surface area contributed by atoms with E-state index in [1.54, 1.807) is 18.9 Å². The summed E-state index contributed by atoms with van der Waals surface area (Å²) < 4.78 is 5.41. The fourth-order valence-electron chi connectivity index (χ4n) is 2.07. The molecule has 0 atom stereocenters. The van der Waals surface area contributed by atoms with E-state index in [1.165, 1.54) is 0 Å². The third-order valence-electron chi connectivity index (χ3n) is 3.06. The van der Waals surface area contributed by atoms with Crippen LogP contribution in [0, 0.1) is 0 Å². The van der Waals surface area contributed by atoms with E-state index in [4.69, 9.17) is 10.5 Å². The SMILES string of the molecule is COc1nc(N)nc(-c2ccccc2)c1Sc1ccccc1. The molecule has 0 saturated heterocycles. The smallest absolute Gasteiger partial charge is 0.233 e. The van der Waals surface area contributed by atoms with Crippen LogP contribution in [0.3, 0.4) is 0 Å². The Bertz CT molecular complexity index is 764. The van der Waals surface area contributed by atoms with Gasteiger partial charge in [0.2, 0.25) is 11.8 Å². The summed E-state index contributed by atoms with van der Waals surface area (Å²) in [5.41, 5.74) is 7.58. The zero-order valence-electron chi connectivity index (χ0n) is 12.1. The predicted octanol–water partition coefficient (Wildman–Crippen LogP) is 3.89. The lowest BCUT2D eigenvalue weighted by atomic mass is 10.1. The number of anilines is 1. The molecule has 2 aromatic carbocycles. The zero-order chi connectivity index (χ0) is 15.4. The Morgan fingerprint density at radius 1 is 0.909 bits per heavy atom. The van der Waals surface area contributed by atoms with Gasteiger partial charge < -0.3 is 10.5 Å². The van der Waals surface area contributed by atoms with Gasteiger partial charge >= 0.3 is 0 Å². The minimum Gasteiger partial charge on any atom is -0.480 e. The van der Waals surface area contributed by atoms with Gasteiger partial charge in [-0.1, -0.05) is 60.3 Å². The summed E-state index contributed by atoms with van der Waals surface area (Å²) in [5, 5.41) is 0. The average Bonchev–Trinajstić information content (AvgIpc) is 2.57. The number of rotatable bonds is 4. The maximum Gasteiger partial charge on any atom is 0.233 e. The lowest BCUT2D eigenvalue weighted by Crippen LogP contribution is -2.02. The molecule has 0 unspecified atom stereocenters. The van der Waals surface area contributed by atoms with Crippen molar-refractivity contribution in [1.29, 1.82) is 0 Å². The van der Waals surface area contributed by atoms with Crippen molar-refractivity contribution in [2.75, 3.05) is 12.8 Å². The van der Waals surface area contributed by atoms with Crippen molar-refractivity contribution >= 4 is 17.7 Å². The number of nitrogens with zero attached hydrogens (tertiary/aromatic N) is 2. The zero-order valence-corrected chi connectivity index (χ0v) is 12.9. The van der Waals surface area contributed by atoms with E-state index in [0.29, 0.717) is 5.88 Å². The third-order valence-corrected chi connectivity index (χ3v) is 4.14. The highest BCUT2D eigenvalue weighted by atomic mass is 32.2. The van der Waals surface area contributed by atoms with Crippen LogP contribution >= 0.6 is 11.8 Å². The number of hydrogen-bond acceptors (Lipinski definition) is 5. The van der Waals surface area contributed by atoms with Crippen LogP contribution in [0.2, 0.25) is 0 Å². The van der Waals surface area contributed by atoms with Crippen molar-refractivity contribution in [2.45, 2.75) is 9.79 Å². The van der Waals surface area contributed by atoms with Crippen molar-refractivity contribution in [3.63, 3.8) is 0 Å². The molecule has 0 fully saturated rings. The highest BCUT2D eigenvalue weighted by molar-refractivity contribution is 7.99. The molecule has 0 bridgehead atoms. The molecule has 0 aliphatic heterocycles. The molecule has 0 radical (unpaired) electrons. The van der Waals surface area contributed by atoms with Crippen molar-refractivity contribution in [2.24, 2.45) is 0 Å². The molecular weight excluding hydrogens is 294 g/mol. The molecular formula is C17H15N3OS. The average molecular weight is 309 g/mol. The minimum absolute atomic E-state index is 0.202. The van der Waals surface area contributed by atoms with Gasteiger partial charge in [0.05, 0.1) is 12.8 Å². The van der Waals surface area contributed by atoms with Crippen LogP contribution in [0.5, 0.6) is 5.88 Å². The molecule has 3 aromatic rings. The first-order chi connectivity index (χ1) is 10.8. The molecule has 0 aliphatic rings. The van der Waals surface area contributed by atoms with Crippen LogP contribution in [0.25, 0.3) is 11.3 Å². The molecule has 22 heavy (non-hydrogen) atoms. The van der Waals surface area contributed by atoms with E-state index in [-0.39, 0.29) is 5.95 Å². The summed E-state index contributed by atoms with van der Waals surface area (Å²) in [6, 6.07) is 19.9. The Morgan fingerprint density at radius 3 is 2.18 bits per heavy atom. The van der Waals surface area contributed by atoms with Gasteiger partial charge in [-0.3, -0.25) is 0 Å². The van der Waals surface area contributed by atoms with E-state index in [0.717, 1.165) is 21.0 Å². The van der Waals surface area contributed by atoms with Gasteiger partial charge in [-0.25, -0.2) is 4.98 Å². The normalized spacial score (nSPS) is 10.4. The van der Waals surface area contributed by atoms with E-state index in [1.807, 2.05) is 60.7 Å². The van der Waals surface area contributed by atoms with Crippen LogP contribution in [0.4, 0.5) is 5.95 Å². The molecule has 1 aromatic heterocycles. The van der Waals surface area contributed by atoms with Gasteiger partial charge in [-0.15, -0.1) is 0 Å². The molecule has 5 heteroatoms. The Kier molecular flexibility index (Phi) is 4.25. The van der Waals surface area contributed by atoms with Gasteiger partial charge in [0.1, 0.15) is 4.90 Å². The Morgan fingerprint density at radius 2 is 1.55 bits per heavy atom. The van der Waals surface area contributed by atoms with E-state index in [2.05, 4.69) is 9.97 Å². The second kappa shape index (κ2) is 6.49. The Labute approximate surface area is 133 Å². The van der Waals surface area contributed by atoms with Crippen LogP contribution in [-0.2, 0) is 0 Å². The summed E-state index contributed by atoms with van der Waals surface area (Å²) >= 11 is 1.56. The van der Waals surface area contributed by atoms with Crippen molar-refractivity contribution < 1.29 is 4.74 Å². The lowest BCUT2D eigenvalue weighted by molar-refractivity contribution is 0.387. The molecule has 1 heterocycles. The van der Waals surface area contributed by atoms with Gasteiger partial charge in [-0.2, -0.15) is 4.98 Å². The van der Waals surface area contributed by atoms with Gasteiger partial charge in [0.25, 0.3) is 0 Å². The number of nitrogens with two attached hydrogens (primary N) is 1. The highest BCUT2D eigenvalue weighted by Gasteiger charge is 2.17. The first-order valence-electron chi connectivity index (χ1n) is 6.78. The molecule has 2 N–H and O–H groups in total. The van der Waals surface area contributed by atoms with Crippen LogP contribution in [-0.4, -0.2) is 17.1 Å². The van der Waals surface area contributed by atoms with Crippen molar-refractivity contribution in [3.8, 4) is 17.1 Å². The molecule has 110 valence electrons. The summed E-state index contributed by atoms with van der Waals surface area (Å²) in [4.78, 5) is 10.6. The second-order valence-electron chi connectivity index (χ2n) is 4.55. The number of ether oxygens (including phenoxy) is 1. The van der Waals surface area contributed by atoms with E-state index >= 15 is 0 Å². The minimum atomic E-state index is 0.202. The lowest BCUT2D eigenvalue weighted by Gasteiger charge is -2.13. The Balaban J connectivity index is 2.14. The maximum atomic E-state index is 5.82. The topological polar surface area (TPSA) is 61.0 Å². The molecule has 0 aliphatic carbocycles.